The molecule has 0 N–H and O–H groups in total. The summed E-state index contributed by atoms with van der Waals surface area (Å²) < 4.78 is 5.53. The van der Waals surface area contributed by atoms with Gasteiger partial charge < -0.3 is 9.42 Å². The maximum atomic E-state index is 12.7. The first-order valence-electron chi connectivity index (χ1n) is 9.93. The number of carbonyl (C=O) groups excluding carboxylic acids is 1. The largest absolute Gasteiger partial charge is 0.339 e. The van der Waals surface area contributed by atoms with Gasteiger partial charge in [0.15, 0.2) is 0 Å². The lowest BCUT2D eigenvalue weighted by Gasteiger charge is -2.30. The average molecular weight is 375 g/mol. The Morgan fingerprint density at radius 1 is 1.07 bits per heavy atom. The Labute approximate surface area is 165 Å². The molecule has 1 aliphatic heterocycles. The zero-order valence-corrected chi connectivity index (χ0v) is 16.4. The molecule has 1 amide bonds. The molecule has 4 rings (SSSR count). The number of hydrogen-bond acceptors (Lipinski definition) is 4. The molecule has 1 saturated heterocycles. The third-order valence-electron chi connectivity index (χ3n) is 5.49. The van der Waals surface area contributed by atoms with Crippen molar-refractivity contribution >= 4 is 5.91 Å². The number of rotatable bonds is 4. The molecule has 1 aliphatic rings. The van der Waals surface area contributed by atoms with Gasteiger partial charge in [-0.1, -0.05) is 54.0 Å². The first-order chi connectivity index (χ1) is 13.6. The fourth-order valence-corrected chi connectivity index (χ4v) is 3.62. The summed E-state index contributed by atoms with van der Waals surface area (Å²) >= 11 is 0. The highest BCUT2D eigenvalue weighted by Gasteiger charge is 2.28. The van der Waals surface area contributed by atoms with Crippen LogP contribution in [0, 0.1) is 6.92 Å². The van der Waals surface area contributed by atoms with E-state index in [-0.39, 0.29) is 11.8 Å². The Morgan fingerprint density at radius 2 is 1.75 bits per heavy atom. The van der Waals surface area contributed by atoms with Crippen LogP contribution < -0.4 is 0 Å². The van der Waals surface area contributed by atoms with E-state index in [4.69, 9.17) is 4.52 Å². The maximum Gasteiger partial charge on any atom is 0.253 e. The molecule has 5 heteroatoms. The van der Waals surface area contributed by atoms with Gasteiger partial charge >= 0.3 is 0 Å². The molecule has 0 bridgehead atoms. The lowest BCUT2D eigenvalue weighted by molar-refractivity contribution is 0.0704. The van der Waals surface area contributed by atoms with Crippen molar-refractivity contribution < 1.29 is 9.32 Å². The molecule has 2 aromatic carbocycles. The molecule has 0 saturated carbocycles. The van der Waals surface area contributed by atoms with E-state index >= 15 is 0 Å². The highest BCUT2D eigenvalue weighted by molar-refractivity contribution is 5.94. The molecular weight excluding hydrogens is 350 g/mol. The van der Waals surface area contributed by atoms with E-state index in [1.165, 1.54) is 11.1 Å². The van der Waals surface area contributed by atoms with Crippen LogP contribution >= 0.6 is 0 Å². The van der Waals surface area contributed by atoms with Gasteiger partial charge in [-0.2, -0.15) is 4.98 Å². The Hall–Kier alpha value is -2.95. The highest BCUT2D eigenvalue weighted by atomic mass is 16.5. The second-order valence-corrected chi connectivity index (χ2v) is 7.44. The Morgan fingerprint density at radius 3 is 2.39 bits per heavy atom. The Bertz CT molecular complexity index is 937. The minimum Gasteiger partial charge on any atom is -0.339 e. The quantitative estimate of drug-likeness (QED) is 0.667. The van der Waals surface area contributed by atoms with E-state index in [2.05, 4.69) is 24.0 Å². The molecular formula is C23H25N3O2. The van der Waals surface area contributed by atoms with Crippen LogP contribution in [0.3, 0.4) is 0 Å². The van der Waals surface area contributed by atoms with Gasteiger partial charge in [0.2, 0.25) is 11.7 Å². The van der Waals surface area contributed by atoms with E-state index in [0.717, 1.165) is 30.4 Å². The van der Waals surface area contributed by atoms with E-state index in [1.807, 2.05) is 53.4 Å². The van der Waals surface area contributed by atoms with E-state index in [9.17, 15) is 4.79 Å². The van der Waals surface area contributed by atoms with Crippen molar-refractivity contribution in [2.45, 2.75) is 39.0 Å². The number of amides is 1. The van der Waals surface area contributed by atoms with Crippen molar-refractivity contribution in [2.75, 3.05) is 13.1 Å². The molecule has 5 nitrogen and oxygen atoms in total. The molecule has 1 fully saturated rings. The smallest absolute Gasteiger partial charge is 0.253 e. The SMILES string of the molecule is CCc1ccc(C(=O)N2CCC(c3nc(-c4ccc(C)cc4)no3)CC2)cc1. The van der Waals surface area contributed by atoms with Crippen LogP contribution in [-0.2, 0) is 6.42 Å². The summed E-state index contributed by atoms with van der Waals surface area (Å²) in [5, 5.41) is 4.14. The number of likely N-dealkylation sites (tertiary alicyclic amines) is 1. The van der Waals surface area contributed by atoms with Gasteiger partial charge in [0, 0.05) is 30.1 Å². The van der Waals surface area contributed by atoms with Gasteiger partial charge in [-0.05, 0) is 43.9 Å². The first-order valence-corrected chi connectivity index (χ1v) is 9.93. The summed E-state index contributed by atoms with van der Waals surface area (Å²) in [4.78, 5) is 19.3. The van der Waals surface area contributed by atoms with Crippen LogP contribution in [0.25, 0.3) is 11.4 Å². The number of hydrogen-bond donors (Lipinski definition) is 0. The Kier molecular flexibility index (Phi) is 5.24. The van der Waals surface area contributed by atoms with Gasteiger partial charge in [-0.15, -0.1) is 0 Å². The van der Waals surface area contributed by atoms with Crippen molar-refractivity contribution in [3.05, 3.63) is 71.1 Å². The highest BCUT2D eigenvalue weighted by Crippen LogP contribution is 2.29. The van der Waals surface area contributed by atoms with E-state index in [0.29, 0.717) is 24.8 Å². The van der Waals surface area contributed by atoms with Crippen LogP contribution in [-0.4, -0.2) is 34.0 Å². The fourth-order valence-electron chi connectivity index (χ4n) is 3.62. The predicted octanol–water partition coefficient (Wildman–Crippen LogP) is 4.63. The van der Waals surface area contributed by atoms with Crippen molar-refractivity contribution in [3.8, 4) is 11.4 Å². The van der Waals surface area contributed by atoms with Gasteiger partial charge in [0.05, 0.1) is 0 Å². The minimum atomic E-state index is 0.104. The number of nitrogens with zero attached hydrogens (tertiary/aromatic N) is 3. The number of aryl methyl sites for hydroxylation is 2. The van der Waals surface area contributed by atoms with Gasteiger partial charge in [-0.25, -0.2) is 0 Å². The van der Waals surface area contributed by atoms with Crippen molar-refractivity contribution in [1.82, 2.24) is 15.0 Å². The normalized spacial score (nSPS) is 15.0. The Balaban J connectivity index is 1.38. The molecule has 1 aromatic heterocycles. The van der Waals surface area contributed by atoms with Crippen LogP contribution in [0.5, 0.6) is 0 Å². The van der Waals surface area contributed by atoms with Gasteiger partial charge in [0.25, 0.3) is 5.91 Å². The monoisotopic (exact) mass is 375 g/mol. The van der Waals surface area contributed by atoms with Crippen molar-refractivity contribution in [2.24, 2.45) is 0 Å². The van der Waals surface area contributed by atoms with Crippen LogP contribution in [0.2, 0.25) is 0 Å². The number of aromatic nitrogens is 2. The van der Waals surface area contributed by atoms with E-state index in [1.54, 1.807) is 0 Å². The molecule has 0 atom stereocenters. The molecule has 0 aliphatic carbocycles. The molecule has 28 heavy (non-hydrogen) atoms. The zero-order chi connectivity index (χ0) is 19.5. The third-order valence-corrected chi connectivity index (χ3v) is 5.49. The third kappa shape index (κ3) is 3.84. The van der Waals surface area contributed by atoms with Crippen LogP contribution in [0.1, 0.15) is 53.1 Å². The summed E-state index contributed by atoms with van der Waals surface area (Å²) in [5.74, 6) is 1.62. The lowest BCUT2D eigenvalue weighted by atomic mass is 9.96. The topological polar surface area (TPSA) is 59.2 Å². The van der Waals surface area contributed by atoms with Crippen molar-refractivity contribution in [1.29, 1.82) is 0 Å². The second-order valence-electron chi connectivity index (χ2n) is 7.44. The number of carbonyl (C=O) groups is 1. The molecule has 0 unspecified atom stereocenters. The van der Waals surface area contributed by atoms with Crippen LogP contribution in [0.15, 0.2) is 53.1 Å². The summed E-state index contributed by atoms with van der Waals surface area (Å²) in [7, 11) is 0. The number of piperidine rings is 1. The maximum absolute atomic E-state index is 12.7. The summed E-state index contributed by atoms with van der Waals surface area (Å²) in [5.41, 5.74) is 4.17. The standard InChI is InChI=1S/C23H25N3O2/c1-3-17-6-10-20(11-7-17)23(27)26-14-12-19(13-15-26)22-24-21(25-28-22)18-8-4-16(2)5-9-18/h4-11,19H,3,12-15H2,1-2H3. The molecule has 3 aromatic rings. The average Bonchev–Trinajstić information content (AvgIpc) is 3.24. The van der Waals surface area contributed by atoms with Gasteiger partial charge in [-0.3, -0.25) is 4.79 Å². The van der Waals surface area contributed by atoms with Crippen LogP contribution in [0.4, 0.5) is 0 Å². The minimum absolute atomic E-state index is 0.104. The molecule has 0 spiro atoms. The molecule has 144 valence electrons. The molecule has 2 heterocycles. The summed E-state index contributed by atoms with van der Waals surface area (Å²) in [6.45, 7) is 5.59. The number of benzene rings is 2. The predicted molar refractivity (Wildman–Crippen MR) is 108 cm³/mol. The van der Waals surface area contributed by atoms with E-state index < -0.39 is 0 Å². The zero-order valence-electron chi connectivity index (χ0n) is 16.4. The summed E-state index contributed by atoms with van der Waals surface area (Å²) in [6, 6.07) is 16.0. The fraction of sp³-hybridized carbons (Fsp3) is 0.348. The van der Waals surface area contributed by atoms with Gasteiger partial charge in [0.1, 0.15) is 0 Å². The first kappa shape index (κ1) is 18.4. The lowest BCUT2D eigenvalue weighted by Crippen LogP contribution is -2.38. The second kappa shape index (κ2) is 7.97. The molecule has 0 radical (unpaired) electrons. The summed E-state index contributed by atoms with van der Waals surface area (Å²) in [6.07, 6.45) is 2.66. The van der Waals surface area contributed by atoms with Crippen molar-refractivity contribution in [3.63, 3.8) is 0 Å².